The monoisotopic (exact) mass is 347 g/mol. The third kappa shape index (κ3) is 3.33. The van der Waals surface area contributed by atoms with Crippen LogP contribution in [0.5, 0.6) is 5.75 Å². The molecule has 0 aliphatic carbocycles. The molecule has 1 saturated heterocycles. The van der Waals surface area contributed by atoms with Crippen molar-refractivity contribution in [2.75, 3.05) is 32.2 Å². The lowest BCUT2D eigenvalue weighted by atomic mass is 9.88. The van der Waals surface area contributed by atoms with E-state index in [0.717, 1.165) is 0 Å². The van der Waals surface area contributed by atoms with Crippen LogP contribution in [0, 0.1) is 11.7 Å². The van der Waals surface area contributed by atoms with E-state index in [1.807, 2.05) is 4.90 Å². The number of hydrogen-bond donors (Lipinski definition) is 1. The van der Waals surface area contributed by atoms with Gasteiger partial charge in [-0.2, -0.15) is 5.10 Å². The first-order valence-corrected chi connectivity index (χ1v) is 7.75. The molecule has 25 heavy (non-hydrogen) atoms. The fourth-order valence-electron chi connectivity index (χ4n) is 3.15. The summed E-state index contributed by atoms with van der Waals surface area (Å²) in [7, 11) is 2.77. The summed E-state index contributed by atoms with van der Waals surface area (Å²) in [5, 5.41) is 6.34. The van der Waals surface area contributed by atoms with E-state index < -0.39 is 23.6 Å². The molecule has 1 aliphatic rings. The number of rotatable bonds is 4. The van der Waals surface area contributed by atoms with Crippen LogP contribution in [0.1, 0.15) is 11.5 Å². The van der Waals surface area contributed by atoms with Crippen molar-refractivity contribution in [1.82, 2.24) is 10.2 Å². The van der Waals surface area contributed by atoms with Gasteiger partial charge in [-0.1, -0.05) is 6.07 Å². The lowest BCUT2D eigenvalue weighted by molar-refractivity contribution is -0.145. The summed E-state index contributed by atoms with van der Waals surface area (Å²) >= 11 is 0. The standard InChI is InChI=1S/C17H18FN3O4/c1-24-10-3-4-11(14(18)7-10)12-8-21(9-13(12)17(23)25-2)15-5-6-16(22)20-19-15/h3-7,12-13H,8-9H2,1-2H3,(H,20,22). The molecule has 1 fully saturated rings. The van der Waals surface area contributed by atoms with Crippen LogP contribution >= 0.6 is 0 Å². The van der Waals surface area contributed by atoms with E-state index >= 15 is 0 Å². The Bertz CT molecular complexity index is 818. The predicted octanol–water partition coefficient (Wildman–Crippen LogP) is 1.31. The second kappa shape index (κ2) is 6.92. The number of ether oxygens (including phenoxy) is 2. The van der Waals surface area contributed by atoms with Crippen LogP contribution in [0.2, 0.25) is 0 Å². The van der Waals surface area contributed by atoms with Crippen molar-refractivity contribution >= 4 is 11.8 Å². The maximum Gasteiger partial charge on any atom is 0.311 e. The van der Waals surface area contributed by atoms with Gasteiger partial charge in [0.1, 0.15) is 17.4 Å². The van der Waals surface area contributed by atoms with E-state index in [2.05, 4.69) is 10.2 Å². The normalized spacial score (nSPS) is 19.7. The molecule has 0 radical (unpaired) electrons. The molecule has 7 nitrogen and oxygen atoms in total. The van der Waals surface area contributed by atoms with Crippen LogP contribution in [-0.4, -0.2) is 43.5 Å². The number of nitrogens with one attached hydrogen (secondary N) is 1. The van der Waals surface area contributed by atoms with Gasteiger partial charge in [0.25, 0.3) is 5.56 Å². The summed E-state index contributed by atoms with van der Waals surface area (Å²) in [6.45, 7) is 0.698. The zero-order valence-corrected chi connectivity index (χ0v) is 13.9. The first-order valence-electron chi connectivity index (χ1n) is 7.75. The molecule has 2 heterocycles. The van der Waals surface area contributed by atoms with Crippen LogP contribution in [0.3, 0.4) is 0 Å². The van der Waals surface area contributed by atoms with Gasteiger partial charge in [0.15, 0.2) is 0 Å². The number of hydrogen-bond acceptors (Lipinski definition) is 6. The molecule has 8 heteroatoms. The molecule has 0 amide bonds. The van der Waals surface area contributed by atoms with Gasteiger partial charge < -0.3 is 14.4 Å². The quantitative estimate of drug-likeness (QED) is 0.840. The van der Waals surface area contributed by atoms with Crippen molar-refractivity contribution in [3.05, 3.63) is 52.1 Å². The Kier molecular flexibility index (Phi) is 4.69. The van der Waals surface area contributed by atoms with Crippen LogP contribution < -0.4 is 15.2 Å². The van der Waals surface area contributed by atoms with E-state index in [4.69, 9.17) is 9.47 Å². The number of aromatic amines is 1. The maximum atomic E-state index is 14.5. The number of esters is 1. The van der Waals surface area contributed by atoms with Gasteiger partial charge in [0.2, 0.25) is 0 Å². The molecular formula is C17H18FN3O4. The second-order valence-electron chi connectivity index (χ2n) is 5.81. The average Bonchev–Trinajstić information content (AvgIpc) is 3.06. The van der Waals surface area contributed by atoms with Crippen molar-refractivity contribution in [1.29, 1.82) is 0 Å². The Morgan fingerprint density at radius 3 is 2.68 bits per heavy atom. The minimum atomic E-state index is -0.540. The molecule has 1 aliphatic heterocycles. The zero-order chi connectivity index (χ0) is 18.0. The molecular weight excluding hydrogens is 329 g/mol. The Hall–Kier alpha value is -2.90. The van der Waals surface area contributed by atoms with E-state index in [1.54, 1.807) is 18.2 Å². The van der Waals surface area contributed by atoms with Gasteiger partial charge in [-0.15, -0.1) is 0 Å². The van der Waals surface area contributed by atoms with Crippen LogP contribution in [0.15, 0.2) is 35.1 Å². The maximum absolute atomic E-state index is 14.5. The van der Waals surface area contributed by atoms with Crippen molar-refractivity contribution < 1.29 is 18.7 Å². The van der Waals surface area contributed by atoms with Gasteiger partial charge in [-0.3, -0.25) is 9.59 Å². The highest BCUT2D eigenvalue weighted by atomic mass is 19.1. The van der Waals surface area contributed by atoms with Crippen molar-refractivity contribution in [3.8, 4) is 5.75 Å². The molecule has 0 spiro atoms. The Labute approximate surface area is 143 Å². The molecule has 2 atom stereocenters. The van der Waals surface area contributed by atoms with Gasteiger partial charge in [0, 0.05) is 31.1 Å². The molecule has 3 rings (SSSR count). The number of carbonyl (C=O) groups is 1. The number of anilines is 1. The first-order chi connectivity index (χ1) is 12.0. The number of H-pyrrole nitrogens is 1. The summed E-state index contributed by atoms with van der Waals surface area (Å²) in [5.41, 5.74) is 0.105. The van der Waals surface area contributed by atoms with Crippen LogP contribution in [-0.2, 0) is 9.53 Å². The molecule has 1 aromatic carbocycles. The third-order valence-electron chi connectivity index (χ3n) is 4.42. The van der Waals surface area contributed by atoms with E-state index in [-0.39, 0.29) is 5.56 Å². The highest BCUT2D eigenvalue weighted by Crippen LogP contribution is 2.37. The molecule has 1 N–H and O–H groups in total. The fourth-order valence-corrected chi connectivity index (χ4v) is 3.15. The van der Waals surface area contributed by atoms with Crippen LogP contribution in [0.4, 0.5) is 10.2 Å². The summed E-state index contributed by atoms with van der Waals surface area (Å²) < 4.78 is 24.4. The largest absolute Gasteiger partial charge is 0.497 e. The Morgan fingerprint density at radius 2 is 2.08 bits per heavy atom. The molecule has 2 aromatic rings. The van der Waals surface area contributed by atoms with Gasteiger partial charge in [-0.05, 0) is 17.7 Å². The minimum absolute atomic E-state index is 0.315. The molecule has 132 valence electrons. The van der Waals surface area contributed by atoms with E-state index in [9.17, 15) is 14.0 Å². The number of halogens is 1. The first kappa shape index (κ1) is 16.9. The number of aromatic nitrogens is 2. The average molecular weight is 347 g/mol. The van der Waals surface area contributed by atoms with E-state index in [1.165, 1.54) is 26.4 Å². The predicted molar refractivity (Wildman–Crippen MR) is 88.3 cm³/mol. The smallest absolute Gasteiger partial charge is 0.311 e. The lowest BCUT2D eigenvalue weighted by Gasteiger charge is -2.18. The summed E-state index contributed by atoms with van der Waals surface area (Å²) in [6, 6.07) is 7.51. The van der Waals surface area contributed by atoms with Crippen molar-refractivity contribution in [2.24, 2.45) is 5.92 Å². The van der Waals surface area contributed by atoms with Crippen molar-refractivity contribution in [2.45, 2.75) is 5.92 Å². The minimum Gasteiger partial charge on any atom is -0.497 e. The molecule has 1 aromatic heterocycles. The highest BCUT2D eigenvalue weighted by molar-refractivity contribution is 5.75. The zero-order valence-electron chi connectivity index (χ0n) is 13.9. The summed E-state index contributed by atoms with van der Waals surface area (Å²) in [6.07, 6.45) is 0. The number of nitrogens with zero attached hydrogens (tertiary/aromatic N) is 2. The van der Waals surface area contributed by atoms with Crippen molar-refractivity contribution in [3.63, 3.8) is 0 Å². The van der Waals surface area contributed by atoms with Gasteiger partial charge >= 0.3 is 5.97 Å². The van der Waals surface area contributed by atoms with Gasteiger partial charge in [0.05, 0.1) is 20.1 Å². The Morgan fingerprint density at radius 1 is 1.28 bits per heavy atom. The second-order valence-corrected chi connectivity index (χ2v) is 5.81. The van der Waals surface area contributed by atoms with Crippen LogP contribution in [0.25, 0.3) is 0 Å². The SMILES string of the molecule is COC(=O)C1CN(c2ccc(=O)[nH]n2)CC1c1ccc(OC)cc1F. The number of methoxy groups -OCH3 is 2. The lowest BCUT2D eigenvalue weighted by Crippen LogP contribution is -2.25. The molecule has 0 bridgehead atoms. The fraction of sp³-hybridized carbons (Fsp3) is 0.353. The molecule has 2 unspecified atom stereocenters. The molecule has 0 saturated carbocycles. The third-order valence-corrected chi connectivity index (χ3v) is 4.42. The topological polar surface area (TPSA) is 84.5 Å². The number of carbonyl (C=O) groups excluding carboxylic acids is 1. The van der Waals surface area contributed by atoms with Gasteiger partial charge in [-0.25, -0.2) is 9.49 Å². The number of benzene rings is 1. The highest BCUT2D eigenvalue weighted by Gasteiger charge is 2.41. The Balaban J connectivity index is 1.94. The van der Waals surface area contributed by atoms with E-state index in [0.29, 0.717) is 30.2 Å². The summed E-state index contributed by atoms with van der Waals surface area (Å²) in [5.74, 6) is -0.853. The summed E-state index contributed by atoms with van der Waals surface area (Å²) in [4.78, 5) is 25.2.